The van der Waals surface area contributed by atoms with Gasteiger partial charge in [0.05, 0.1) is 12.1 Å². The van der Waals surface area contributed by atoms with Gasteiger partial charge in [-0.1, -0.05) is 0 Å². The van der Waals surface area contributed by atoms with E-state index in [1.165, 1.54) is 12.8 Å². The Balaban J connectivity index is 1.40. The maximum atomic E-state index is 12.0. The van der Waals surface area contributed by atoms with Crippen molar-refractivity contribution in [2.75, 3.05) is 6.61 Å². The van der Waals surface area contributed by atoms with Gasteiger partial charge >= 0.3 is 0 Å². The first-order chi connectivity index (χ1) is 9.72. The van der Waals surface area contributed by atoms with Crippen molar-refractivity contribution in [2.45, 2.75) is 62.8 Å². The molecule has 5 heteroatoms. The normalized spacial score (nSPS) is 29.9. The highest BCUT2D eigenvalue weighted by Crippen LogP contribution is 2.39. The molecule has 0 bridgehead atoms. The van der Waals surface area contributed by atoms with Gasteiger partial charge in [-0.2, -0.15) is 10.2 Å². The molecule has 108 valence electrons. The average Bonchev–Trinajstić information content (AvgIpc) is 3.37. The molecule has 0 spiro atoms. The van der Waals surface area contributed by atoms with E-state index in [-0.39, 0.29) is 23.7 Å². The van der Waals surface area contributed by atoms with Crippen LogP contribution in [0.15, 0.2) is 10.2 Å². The fourth-order valence-electron chi connectivity index (χ4n) is 2.92. The Bertz CT molecular complexity index is 445. The Morgan fingerprint density at radius 2 is 2.15 bits per heavy atom. The smallest absolute Gasteiger partial charge is 0.220 e. The number of ether oxygens (including phenoxy) is 1. The van der Waals surface area contributed by atoms with E-state index < -0.39 is 0 Å². The molecular weight excluding hydrogens is 254 g/mol. The first-order valence-corrected chi connectivity index (χ1v) is 7.51. The standard InChI is InChI=1S/C15H21N3O2/c1-2-3-8-15(17-18-15)9-6-13(19)16-12-7-10-20-14(12)11-4-5-11/h1,11-12,14H,3-10H2,(H,16,19). The first kappa shape index (κ1) is 13.6. The maximum absolute atomic E-state index is 12.0. The molecule has 0 aromatic rings. The summed E-state index contributed by atoms with van der Waals surface area (Å²) in [7, 11) is 0. The highest BCUT2D eigenvalue weighted by Gasteiger charge is 2.42. The predicted molar refractivity (Wildman–Crippen MR) is 73.9 cm³/mol. The lowest BCUT2D eigenvalue weighted by Gasteiger charge is -2.19. The summed E-state index contributed by atoms with van der Waals surface area (Å²) < 4.78 is 5.73. The summed E-state index contributed by atoms with van der Waals surface area (Å²) in [6.45, 7) is 0.767. The Morgan fingerprint density at radius 3 is 2.80 bits per heavy atom. The Labute approximate surface area is 119 Å². The van der Waals surface area contributed by atoms with Crippen LogP contribution in [0.5, 0.6) is 0 Å². The number of hydrogen-bond acceptors (Lipinski definition) is 4. The molecule has 0 aromatic heterocycles. The Kier molecular flexibility index (Phi) is 3.75. The van der Waals surface area contributed by atoms with E-state index in [1.54, 1.807) is 0 Å². The average molecular weight is 275 g/mol. The van der Waals surface area contributed by atoms with Crippen LogP contribution in [0.1, 0.15) is 44.9 Å². The third-order valence-corrected chi connectivity index (χ3v) is 4.37. The lowest BCUT2D eigenvalue weighted by molar-refractivity contribution is -0.122. The molecule has 2 atom stereocenters. The van der Waals surface area contributed by atoms with E-state index in [4.69, 9.17) is 11.2 Å². The van der Waals surface area contributed by atoms with Crippen molar-refractivity contribution < 1.29 is 9.53 Å². The second-order valence-electron chi connectivity index (χ2n) is 6.02. The summed E-state index contributed by atoms with van der Waals surface area (Å²) in [5.41, 5.74) is -0.355. The zero-order valence-corrected chi connectivity index (χ0v) is 11.7. The van der Waals surface area contributed by atoms with Crippen molar-refractivity contribution in [2.24, 2.45) is 16.1 Å². The number of rotatable bonds is 7. The molecule has 2 unspecified atom stereocenters. The van der Waals surface area contributed by atoms with Crippen LogP contribution in [0.3, 0.4) is 0 Å². The summed E-state index contributed by atoms with van der Waals surface area (Å²) in [6, 6.07) is 0.199. The molecule has 1 amide bonds. The molecule has 3 rings (SSSR count). The minimum Gasteiger partial charge on any atom is -0.376 e. The molecule has 5 nitrogen and oxygen atoms in total. The predicted octanol–water partition coefficient (Wildman–Crippen LogP) is 2.03. The van der Waals surface area contributed by atoms with E-state index >= 15 is 0 Å². The summed E-state index contributed by atoms with van der Waals surface area (Å²) in [5, 5.41) is 11.2. The fourth-order valence-corrected chi connectivity index (χ4v) is 2.92. The van der Waals surface area contributed by atoms with Gasteiger partial charge in [0.1, 0.15) is 0 Å². The van der Waals surface area contributed by atoms with Crippen LogP contribution in [0, 0.1) is 18.3 Å². The molecular formula is C15H21N3O2. The summed E-state index contributed by atoms with van der Waals surface area (Å²) >= 11 is 0. The molecule has 20 heavy (non-hydrogen) atoms. The quantitative estimate of drug-likeness (QED) is 0.723. The number of carbonyl (C=O) groups excluding carboxylic acids is 1. The van der Waals surface area contributed by atoms with Gasteiger partial charge in [0.25, 0.3) is 0 Å². The third-order valence-electron chi connectivity index (χ3n) is 4.37. The van der Waals surface area contributed by atoms with Crippen LogP contribution in [0.4, 0.5) is 0 Å². The lowest BCUT2D eigenvalue weighted by atomic mass is 10.0. The van der Waals surface area contributed by atoms with Gasteiger partial charge in [-0.3, -0.25) is 4.79 Å². The van der Waals surface area contributed by atoms with Crippen molar-refractivity contribution in [1.82, 2.24) is 5.32 Å². The second-order valence-corrected chi connectivity index (χ2v) is 6.02. The molecule has 0 radical (unpaired) electrons. The number of nitrogens with zero attached hydrogens (tertiary/aromatic N) is 2. The molecule has 3 aliphatic rings. The van der Waals surface area contributed by atoms with Crippen LogP contribution in [0.2, 0.25) is 0 Å². The molecule has 0 aromatic carbocycles. The van der Waals surface area contributed by atoms with Crippen LogP contribution in [-0.4, -0.2) is 30.3 Å². The highest BCUT2D eigenvalue weighted by molar-refractivity contribution is 5.76. The number of hydrogen-bond donors (Lipinski definition) is 1. The van der Waals surface area contributed by atoms with Gasteiger partial charge in [0, 0.05) is 32.3 Å². The monoisotopic (exact) mass is 275 g/mol. The number of nitrogens with one attached hydrogen (secondary N) is 1. The maximum Gasteiger partial charge on any atom is 0.220 e. The summed E-state index contributed by atoms with van der Waals surface area (Å²) in [5.74, 6) is 3.35. The Hall–Kier alpha value is -1.41. The van der Waals surface area contributed by atoms with Crippen molar-refractivity contribution in [3.8, 4) is 12.3 Å². The number of terminal acetylenes is 1. The molecule has 2 fully saturated rings. The van der Waals surface area contributed by atoms with E-state index in [1.807, 2.05) is 0 Å². The molecule has 1 saturated heterocycles. The topological polar surface area (TPSA) is 63.0 Å². The summed E-state index contributed by atoms with van der Waals surface area (Å²) in [4.78, 5) is 12.0. The number of amides is 1. The van der Waals surface area contributed by atoms with Crippen LogP contribution in [0.25, 0.3) is 0 Å². The van der Waals surface area contributed by atoms with E-state index in [0.29, 0.717) is 25.2 Å². The minimum absolute atomic E-state index is 0.0866. The third kappa shape index (κ3) is 3.18. The van der Waals surface area contributed by atoms with Crippen LogP contribution >= 0.6 is 0 Å². The molecule has 1 N–H and O–H groups in total. The zero-order valence-electron chi connectivity index (χ0n) is 11.7. The van der Waals surface area contributed by atoms with E-state index in [9.17, 15) is 4.79 Å². The van der Waals surface area contributed by atoms with Crippen molar-refractivity contribution >= 4 is 5.91 Å². The molecule has 2 aliphatic heterocycles. The minimum atomic E-state index is -0.355. The first-order valence-electron chi connectivity index (χ1n) is 7.51. The summed E-state index contributed by atoms with van der Waals surface area (Å²) in [6.07, 6.45) is 11.5. The molecule has 1 aliphatic carbocycles. The van der Waals surface area contributed by atoms with Crippen molar-refractivity contribution in [1.29, 1.82) is 0 Å². The van der Waals surface area contributed by atoms with Gasteiger partial charge < -0.3 is 10.1 Å². The Morgan fingerprint density at radius 1 is 1.35 bits per heavy atom. The largest absolute Gasteiger partial charge is 0.376 e. The highest BCUT2D eigenvalue weighted by atomic mass is 16.5. The van der Waals surface area contributed by atoms with Gasteiger partial charge in [0.2, 0.25) is 5.91 Å². The van der Waals surface area contributed by atoms with Gasteiger partial charge in [0.15, 0.2) is 5.66 Å². The zero-order chi connectivity index (χ0) is 14.0. The SMILES string of the molecule is C#CCCC1(CCC(=O)NC2CCOC2C2CC2)N=N1. The number of carbonyl (C=O) groups is 1. The van der Waals surface area contributed by atoms with E-state index in [0.717, 1.165) is 19.4 Å². The molecule has 2 heterocycles. The van der Waals surface area contributed by atoms with Gasteiger partial charge in [-0.25, -0.2) is 0 Å². The van der Waals surface area contributed by atoms with Crippen LogP contribution in [-0.2, 0) is 9.53 Å². The fraction of sp³-hybridized carbons (Fsp3) is 0.800. The molecule has 1 saturated carbocycles. The van der Waals surface area contributed by atoms with Gasteiger partial charge in [-0.05, 0) is 25.2 Å². The second kappa shape index (κ2) is 5.53. The van der Waals surface area contributed by atoms with Crippen molar-refractivity contribution in [3.63, 3.8) is 0 Å². The van der Waals surface area contributed by atoms with Crippen molar-refractivity contribution in [3.05, 3.63) is 0 Å². The van der Waals surface area contributed by atoms with Gasteiger partial charge in [-0.15, -0.1) is 12.3 Å². The van der Waals surface area contributed by atoms with E-state index in [2.05, 4.69) is 21.5 Å². The lowest BCUT2D eigenvalue weighted by Crippen LogP contribution is -2.41. The van der Waals surface area contributed by atoms with Crippen LogP contribution < -0.4 is 5.32 Å².